The maximum Gasteiger partial charge on any atom is 0.128 e. The van der Waals surface area contributed by atoms with Gasteiger partial charge in [-0.1, -0.05) is 11.6 Å². The summed E-state index contributed by atoms with van der Waals surface area (Å²) in [5.41, 5.74) is 1.09. The van der Waals surface area contributed by atoms with Crippen LogP contribution < -0.4 is 10.2 Å². The molecule has 16 heavy (non-hydrogen) atoms. The molecule has 1 aliphatic rings. The number of nitrogens with zero attached hydrogens (tertiary/aromatic N) is 2. The van der Waals surface area contributed by atoms with Gasteiger partial charge in [0.1, 0.15) is 5.82 Å². The van der Waals surface area contributed by atoms with Gasteiger partial charge in [0, 0.05) is 32.4 Å². The van der Waals surface area contributed by atoms with Gasteiger partial charge in [0.25, 0.3) is 0 Å². The SMILES string of the molecule is Cc1cc(N2CCNCC2)ncc1Cl.Cl.Cl. The Bertz CT molecular complexity index is 327. The van der Waals surface area contributed by atoms with Crippen LogP contribution in [0.1, 0.15) is 5.56 Å². The summed E-state index contributed by atoms with van der Waals surface area (Å²) in [6, 6.07) is 2.05. The first kappa shape index (κ1) is 15.8. The summed E-state index contributed by atoms with van der Waals surface area (Å²) in [6.07, 6.45) is 1.73. The average Bonchev–Trinajstić information content (AvgIpc) is 2.23. The third-order valence-electron chi connectivity index (χ3n) is 2.47. The topological polar surface area (TPSA) is 28.2 Å². The molecule has 0 bridgehead atoms. The lowest BCUT2D eigenvalue weighted by atomic mass is 10.2. The second-order valence-electron chi connectivity index (χ2n) is 3.53. The van der Waals surface area contributed by atoms with Crippen LogP contribution in [0.5, 0.6) is 0 Å². The van der Waals surface area contributed by atoms with Gasteiger partial charge in [-0.05, 0) is 18.6 Å². The van der Waals surface area contributed by atoms with E-state index in [1.54, 1.807) is 6.20 Å². The lowest BCUT2D eigenvalue weighted by Gasteiger charge is -2.28. The summed E-state index contributed by atoms with van der Waals surface area (Å²) in [5, 5.41) is 4.05. The smallest absolute Gasteiger partial charge is 0.128 e. The molecule has 0 atom stereocenters. The highest BCUT2D eigenvalue weighted by atomic mass is 35.5. The number of hydrogen-bond donors (Lipinski definition) is 1. The standard InChI is InChI=1S/C10H14ClN3.2ClH/c1-8-6-10(13-7-9(8)11)14-4-2-12-3-5-14;;/h6-7,12H,2-5H2,1H3;2*1H. The van der Waals surface area contributed by atoms with E-state index in [0.717, 1.165) is 42.6 Å². The summed E-state index contributed by atoms with van der Waals surface area (Å²) in [4.78, 5) is 6.61. The Morgan fingerprint density at radius 1 is 1.31 bits per heavy atom. The molecule has 6 heteroatoms. The number of piperazine rings is 1. The van der Waals surface area contributed by atoms with Crippen LogP contribution in [-0.4, -0.2) is 31.2 Å². The van der Waals surface area contributed by atoms with Crippen molar-refractivity contribution in [1.82, 2.24) is 10.3 Å². The summed E-state index contributed by atoms with van der Waals surface area (Å²) in [5.74, 6) is 1.04. The highest BCUT2D eigenvalue weighted by Gasteiger charge is 2.11. The number of nitrogens with one attached hydrogen (secondary N) is 1. The zero-order chi connectivity index (χ0) is 9.97. The second-order valence-corrected chi connectivity index (χ2v) is 3.94. The summed E-state index contributed by atoms with van der Waals surface area (Å²) in [7, 11) is 0. The van der Waals surface area contributed by atoms with Crippen molar-refractivity contribution in [3.05, 3.63) is 22.8 Å². The zero-order valence-corrected chi connectivity index (χ0v) is 11.5. The molecule has 2 heterocycles. The largest absolute Gasteiger partial charge is 0.354 e. The lowest BCUT2D eigenvalue weighted by molar-refractivity contribution is 0.585. The van der Waals surface area contributed by atoms with Crippen LogP contribution in [0.15, 0.2) is 12.3 Å². The minimum atomic E-state index is 0. The predicted octanol–water partition coefficient (Wildman–Crippen LogP) is 2.30. The number of aryl methyl sites for hydroxylation is 1. The van der Waals surface area contributed by atoms with Crippen LogP contribution in [0.25, 0.3) is 0 Å². The quantitative estimate of drug-likeness (QED) is 0.858. The van der Waals surface area contributed by atoms with Gasteiger partial charge in [-0.15, -0.1) is 24.8 Å². The van der Waals surface area contributed by atoms with Crippen LogP contribution in [-0.2, 0) is 0 Å². The Kier molecular flexibility index (Phi) is 7.07. The predicted molar refractivity (Wildman–Crippen MR) is 73.6 cm³/mol. The van der Waals surface area contributed by atoms with Crippen molar-refractivity contribution in [3.63, 3.8) is 0 Å². The first-order valence-electron chi connectivity index (χ1n) is 4.85. The molecule has 1 fully saturated rings. The van der Waals surface area contributed by atoms with Crippen molar-refractivity contribution in [1.29, 1.82) is 0 Å². The lowest BCUT2D eigenvalue weighted by Crippen LogP contribution is -2.43. The third-order valence-corrected chi connectivity index (χ3v) is 2.87. The molecule has 1 aromatic heterocycles. The Morgan fingerprint density at radius 2 is 1.94 bits per heavy atom. The molecule has 1 aliphatic heterocycles. The van der Waals surface area contributed by atoms with Crippen molar-refractivity contribution in [3.8, 4) is 0 Å². The fourth-order valence-electron chi connectivity index (χ4n) is 1.59. The van der Waals surface area contributed by atoms with Crippen molar-refractivity contribution < 1.29 is 0 Å². The molecule has 92 valence electrons. The number of pyridine rings is 1. The van der Waals surface area contributed by atoms with Gasteiger partial charge in [-0.2, -0.15) is 0 Å². The molecule has 1 saturated heterocycles. The molecule has 0 spiro atoms. The van der Waals surface area contributed by atoms with Gasteiger partial charge >= 0.3 is 0 Å². The van der Waals surface area contributed by atoms with Crippen LogP contribution in [0.3, 0.4) is 0 Å². The first-order valence-corrected chi connectivity index (χ1v) is 5.23. The van der Waals surface area contributed by atoms with E-state index in [0.29, 0.717) is 0 Å². The van der Waals surface area contributed by atoms with E-state index in [9.17, 15) is 0 Å². The molecule has 0 unspecified atom stereocenters. The zero-order valence-electron chi connectivity index (χ0n) is 9.07. The third kappa shape index (κ3) is 3.67. The van der Waals surface area contributed by atoms with Gasteiger partial charge in [0.05, 0.1) is 5.02 Å². The Morgan fingerprint density at radius 3 is 2.50 bits per heavy atom. The minimum absolute atomic E-state index is 0. The Balaban J connectivity index is 0.00000112. The number of anilines is 1. The molecule has 0 saturated carbocycles. The summed E-state index contributed by atoms with van der Waals surface area (Å²) >= 11 is 5.93. The molecular weight excluding hydrogens is 268 g/mol. The molecule has 0 aromatic carbocycles. The second kappa shape index (κ2) is 7.17. The summed E-state index contributed by atoms with van der Waals surface area (Å²) < 4.78 is 0. The molecule has 0 amide bonds. The summed E-state index contributed by atoms with van der Waals surface area (Å²) in [6.45, 7) is 6.12. The van der Waals surface area contributed by atoms with Crippen molar-refractivity contribution in [2.24, 2.45) is 0 Å². The number of rotatable bonds is 1. The van der Waals surface area contributed by atoms with E-state index >= 15 is 0 Å². The molecule has 3 nitrogen and oxygen atoms in total. The van der Waals surface area contributed by atoms with Gasteiger partial charge in [-0.3, -0.25) is 0 Å². The van der Waals surface area contributed by atoms with E-state index in [1.807, 2.05) is 13.0 Å². The molecule has 0 aliphatic carbocycles. The fourth-order valence-corrected chi connectivity index (χ4v) is 1.69. The van der Waals surface area contributed by atoms with Crippen LogP contribution >= 0.6 is 36.4 Å². The first-order chi connectivity index (χ1) is 6.77. The van der Waals surface area contributed by atoms with Crippen LogP contribution in [0.4, 0.5) is 5.82 Å². The van der Waals surface area contributed by atoms with Gasteiger partial charge in [0.2, 0.25) is 0 Å². The van der Waals surface area contributed by atoms with Crippen molar-refractivity contribution >= 4 is 42.2 Å². The number of halogens is 3. The minimum Gasteiger partial charge on any atom is -0.354 e. The molecule has 1 N–H and O–H groups in total. The maximum absolute atomic E-state index is 5.93. The van der Waals surface area contributed by atoms with Crippen molar-refractivity contribution in [2.75, 3.05) is 31.1 Å². The Labute approximate surface area is 113 Å². The monoisotopic (exact) mass is 283 g/mol. The van der Waals surface area contributed by atoms with E-state index in [2.05, 4.69) is 15.2 Å². The molecule has 0 radical (unpaired) electrons. The van der Waals surface area contributed by atoms with Gasteiger partial charge in [0.15, 0.2) is 0 Å². The van der Waals surface area contributed by atoms with E-state index in [-0.39, 0.29) is 24.8 Å². The number of hydrogen-bond acceptors (Lipinski definition) is 3. The van der Waals surface area contributed by atoms with Gasteiger partial charge < -0.3 is 10.2 Å². The highest BCUT2D eigenvalue weighted by molar-refractivity contribution is 6.31. The van der Waals surface area contributed by atoms with Crippen LogP contribution in [0, 0.1) is 6.92 Å². The molecule has 1 aromatic rings. The fraction of sp³-hybridized carbons (Fsp3) is 0.500. The maximum atomic E-state index is 5.93. The van der Waals surface area contributed by atoms with E-state index in [4.69, 9.17) is 11.6 Å². The normalized spacial score (nSPS) is 15.0. The van der Waals surface area contributed by atoms with Crippen molar-refractivity contribution in [2.45, 2.75) is 6.92 Å². The molecular formula is C10H16Cl3N3. The van der Waals surface area contributed by atoms with E-state index < -0.39 is 0 Å². The Hall–Kier alpha value is -0.220. The average molecular weight is 285 g/mol. The number of aromatic nitrogens is 1. The van der Waals surface area contributed by atoms with Gasteiger partial charge in [-0.25, -0.2) is 4.98 Å². The highest BCUT2D eigenvalue weighted by Crippen LogP contribution is 2.19. The molecule has 2 rings (SSSR count). The van der Waals surface area contributed by atoms with E-state index in [1.165, 1.54) is 0 Å². The van der Waals surface area contributed by atoms with Crippen LogP contribution in [0.2, 0.25) is 5.02 Å².